The molecule has 1 aromatic heterocycles. The predicted molar refractivity (Wildman–Crippen MR) is 121 cm³/mol. The molecular weight excluding hydrogens is 436 g/mol. The second-order valence-corrected chi connectivity index (χ2v) is 7.22. The van der Waals surface area contributed by atoms with Crippen molar-refractivity contribution in [1.82, 2.24) is 10.3 Å². The molecule has 0 aliphatic heterocycles. The predicted octanol–water partition coefficient (Wildman–Crippen LogP) is 6.02. The second kappa shape index (κ2) is 10.2. The van der Waals surface area contributed by atoms with Gasteiger partial charge < -0.3 is 10.1 Å². The van der Waals surface area contributed by atoms with Crippen LogP contribution in [0.25, 0.3) is 5.76 Å². The van der Waals surface area contributed by atoms with E-state index < -0.39 is 17.7 Å². The number of allylic oxidation sites excluding steroid dienone is 1. The van der Waals surface area contributed by atoms with Crippen molar-refractivity contribution in [2.45, 2.75) is 20.4 Å². The summed E-state index contributed by atoms with van der Waals surface area (Å²) in [7, 11) is 0. The number of nitrogens with one attached hydrogen (secondary N) is 1. The van der Waals surface area contributed by atoms with Crippen LogP contribution < -0.4 is 10.1 Å². The van der Waals surface area contributed by atoms with E-state index in [9.17, 15) is 13.6 Å². The standard InChI is InChI=1S/C24H20ClF2N3O2/c1-4-21(18-9-8-16(25)11-20(18)28-3)32-22-7-5-6-17(14(22)2)24(31)30-12-15-10-23(27)29-13-19(15)26/h4-11,13H,3,12H2,1-2H3,(H,30,31)/b21-4+. The molecule has 0 atom stereocenters. The molecule has 1 N–H and O–H groups in total. The Balaban J connectivity index is 1.82. The summed E-state index contributed by atoms with van der Waals surface area (Å²) in [5.74, 6) is -1.01. The number of nitrogens with zero attached hydrogens (tertiary/aromatic N) is 2. The normalized spacial score (nSPS) is 11.2. The van der Waals surface area contributed by atoms with Crippen molar-refractivity contribution in [2.75, 3.05) is 0 Å². The summed E-state index contributed by atoms with van der Waals surface area (Å²) in [6, 6.07) is 11.1. The zero-order valence-electron chi connectivity index (χ0n) is 17.5. The number of benzene rings is 2. The maximum absolute atomic E-state index is 13.8. The van der Waals surface area contributed by atoms with Gasteiger partial charge in [-0.1, -0.05) is 17.7 Å². The third-order valence-electron chi connectivity index (χ3n) is 4.75. The second-order valence-electron chi connectivity index (χ2n) is 6.78. The molecule has 3 aromatic rings. The number of carbonyl (C=O) groups excluding carboxylic acids is 1. The lowest BCUT2D eigenvalue weighted by Crippen LogP contribution is -2.24. The number of pyridine rings is 1. The highest BCUT2D eigenvalue weighted by atomic mass is 35.5. The molecular formula is C24H20ClF2N3O2. The zero-order valence-corrected chi connectivity index (χ0v) is 18.2. The Morgan fingerprint density at radius 1 is 1.25 bits per heavy atom. The molecule has 0 saturated carbocycles. The van der Waals surface area contributed by atoms with Gasteiger partial charge in [0.25, 0.3) is 5.91 Å². The summed E-state index contributed by atoms with van der Waals surface area (Å²) in [5.41, 5.74) is 2.17. The van der Waals surface area contributed by atoms with Gasteiger partial charge >= 0.3 is 0 Å². The molecule has 0 radical (unpaired) electrons. The highest BCUT2D eigenvalue weighted by molar-refractivity contribution is 6.30. The summed E-state index contributed by atoms with van der Waals surface area (Å²) in [6.45, 7) is 6.93. The van der Waals surface area contributed by atoms with Crippen molar-refractivity contribution in [1.29, 1.82) is 0 Å². The van der Waals surface area contributed by atoms with Crippen molar-refractivity contribution in [3.63, 3.8) is 0 Å². The highest BCUT2D eigenvalue weighted by Gasteiger charge is 2.16. The number of hydrogen-bond donors (Lipinski definition) is 1. The van der Waals surface area contributed by atoms with E-state index in [0.717, 1.165) is 12.3 Å². The van der Waals surface area contributed by atoms with Gasteiger partial charge in [0.15, 0.2) is 0 Å². The minimum absolute atomic E-state index is 0.000645. The van der Waals surface area contributed by atoms with Gasteiger partial charge in [-0.25, -0.2) is 9.37 Å². The topological polar surface area (TPSA) is 63.6 Å². The van der Waals surface area contributed by atoms with Gasteiger partial charge in [0, 0.05) is 39.9 Å². The van der Waals surface area contributed by atoms with Gasteiger partial charge in [-0.2, -0.15) is 4.39 Å². The van der Waals surface area contributed by atoms with Crippen LogP contribution in [0.15, 0.2) is 59.7 Å². The first-order valence-electron chi connectivity index (χ1n) is 9.62. The van der Waals surface area contributed by atoms with Crippen LogP contribution in [0.1, 0.15) is 34.0 Å². The number of ether oxygens (including phenoxy) is 1. The Morgan fingerprint density at radius 2 is 2.03 bits per heavy atom. The molecule has 2 aromatic carbocycles. The first-order valence-corrected chi connectivity index (χ1v) is 10.0. The molecule has 0 bridgehead atoms. The van der Waals surface area contributed by atoms with Crippen LogP contribution in [0.5, 0.6) is 5.75 Å². The smallest absolute Gasteiger partial charge is 0.251 e. The quantitative estimate of drug-likeness (QED) is 0.269. The van der Waals surface area contributed by atoms with Crippen molar-refractivity contribution in [3.8, 4) is 5.75 Å². The minimum Gasteiger partial charge on any atom is -0.457 e. The van der Waals surface area contributed by atoms with Crippen LogP contribution in [-0.2, 0) is 6.54 Å². The third kappa shape index (κ3) is 5.18. The lowest BCUT2D eigenvalue weighted by Gasteiger charge is -2.16. The fraction of sp³-hybridized carbons (Fsp3) is 0.125. The Bertz CT molecular complexity index is 1210. The van der Waals surface area contributed by atoms with Crippen molar-refractivity contribution >= 4 is 35.7 Å². The molecule has 1 heterocycles. The van der Waals surface area contributed by atoms with Crippen LogP contribution in [0.4, 0.5) is 14.5 Å². The van der Waals surface area contributed by atoms with Crippen LogP contribution in [0, 0.1) is 18.7 Å². The molecule has 32 heavy (non-hydrogen) atoms. The van der Waals surface area contributed by atoms with Gasteiger partial charge in [0.1, 0.15) is 17.3 Å². The van der Waals surface area contributed by atoms with E-state index in [1.807, 2.05) is 6.92 Å². The van der Waals surface area contributed by atoms with Gasteiger partial charge in [0.05, 0.1) is 11.9 Å². The summed E-state index contributed by atoms with van der Waals surface area (Å²) in [4.78, 5) is 19.9. The van der Waals surface area contributed by atoms with Crippen LogP contribution in [0.2, 0.25) is 5.02 Å². The molecule has 0 aliphatic rings. The number of hydrogen-bond acceptors (Lipinski definition) is 4. The van der Waals surface area contributed by atoms with Crippen LogP contribution in [-0.4, -0.2) is 17.6 Å². The largest absolute Gasteiger partial charge is 0.457 e. The maximum atomic E-state index is 13.8. The Labute approximate surface area is 189 Å². The molecule has 0 spiro atoms. The van der Waals surface area contributed by atoms with Gasteiger partial charge in [-0.15, -0.1) is 0 Å². The summed E-state index contributed by atoms with van der Waals surface area (Å²) in [6.07, 6.45) is 2.54. The van der Waals surface area contributed by atoms with Gasteiger partial charge in [-0.05, 0) is 57.0 Å². The summed E-state index contributed by atoms with van der Waals surface area (Å²) in [5, 5.41) is 3.11. The Hall–Kier alpha value is -3.58. The molecule has 3 rings (SSSR count). The van der Waals surface area contributed by atoms with E-state index in [1.165, 1.54) is 0 Å². The Kier molecular flexibility index (Phi) is 7.33. The number of aromatic nitrogens is 1. The van der Waals surface area contributed by atoms with Crippen molar-refractivity contribution < 1.29 is 18.3 Å². The number of rotatable bonds is 7. The average molecular weight is 456 g/mol. The molecule has 5 nitrogen and oxygen atoms in total. The first kappa shape index (κ1) is 23.1. The van der Waals surface area contributed by atoms with E-state index >= 15 is 0 Å². The Morgan fingerprint density at radius 3 is 2.75 bits per heavy atom. The monoisotopic (exact) mass is 455 g/mol. The summed E-state index contributed by atoms with van der Waals surface area (Å²) < 4.78 is 33.1. The van der Waals surface area contributed by atoms with Crippen LogP contribution >= 0.6 is 11.6 Å². The molecule has 1 amide bonds. The summed E-state index contributed by atoms with van der Waals surface area (Å²) >= 11 is 6.04. The number of amides is 1. The fourth-order valence-electron chi connectivity index (χ4n) is 3.06. The van der Waals surface area contributed by atoms with Gasteiger partial charge in [-0.3, -0.25) is 9.79 Å². The minimum atomic E-state index is -0.823. The maximum Gasteiger partial charge on any atom is 0.251 e. The van der Waals surface area contributed by atoms with E-state index in [0.29, 0.717) is 38.9 Å². The van der Waals surface area contributed by atoms with E-state index in [4.69, 9.17) is 16.3 Å². The van der Waals surface area contributed by atoms with Crippen molar-refractivity contribution in [2.24, 2.45) is 4.99 Å². The molecule has 0 aliphatic carbocycles. The van der Waals surface area contributed by atoms with E-state index in [-0.39, 0.29) is 12.1 Å². The first-order chi connectivity index (χ1) is 15.3. The number of aliphatic imine (C=N–C) groups is 1. The molecule has 8 heteroatoms. The van der Waals surface area contributed by atoms with Crippen LogP contribution in [0.3, 0.4) is 0 Å². The molecule has 0 unspecified atom stereocenters. The fourth-order valence-corrected chi connectivity index (χ4v) is 3.23. The molecule has 0 saturated heterocycles. The average Bonchev–Trinajstić information content (AvgIpc) is 2.79. The lowest BCUT2D eigenvalue weighted by molar-refractivity contribution is 0.0949. The van der Waals surface area contributed by atoms with E-state index in [2.05, 4.69) is 22.0 Å². The number of carbonyl (C=O) groups is 1. The van der Waals surface area contributed by atoms with E-state index in [1.54, 1.807) is 49.4 Å². The molecule has 164 valence electrons. The zero-order chi connectivity index (χ0) is 23.3. The van der Waals surface area contributed by atoms with Gasteiger partial charge in [0.2, 0.25) is 5.95 Å². The van der Waals surface area contributed by atoms with Crippen molar-refractivity contribution in [3.05, 3.63) is 93.8 Å². The molecule has 0 fully saturated rings. The number of halogens is 3. The highest BCUT2D eigenvalue weighted by Crippen LogP contribution is 2.33. The third-order valence-corrected chi connectivity index (χ3v) is 4.98. The lowest BCUT2D eigenvalue weighted by atomic mass is 10.1. The SMILES string of the molecule is C=Nc1cc(Cl)ccc1/C(=C\C)Oc1cccc(C(=O)NCc2cc(F)ncc2F)c1C.